The number of hydrogen-bond donors (Lipinski definition) is 1. The number of carbonyl (C=O) groups is 1. The Hall–Kier alpha value is -1.39. The fraction of sp³-hybridized carbons (Fsp3) is 0.562. The van der Waals surface area contributed by atoms with Crippen LogP contribution in [0.1, 0.15) is 18.4 Å². The molecular weight excluding hydrogens is 250 g/mol. The first-order valence-corrected chi connectivity index (χ1v) is 7.24. The molecule has 4 heteroatoms. The molecule has 1 aromatic rings. The Morgan fingerprint density at radius 3 is 2.45 bits per heavy atom. The van der Waals surface area contributed by atoms with Gasteiger partial charge in [-0.05, 0) is 39.7 Å². The van der Waals surface area contributed by atoms with E-state index in [4.69, 9.17) is 0 Å². The van der Waals surface area contributed by atoms with Gasteiger partial charge in [0.25, 0.3) is 0 Å². The smallest absolute Gasteiger partial charge is 0.222 e. The van der Waals surface area contributed by atoms with Gasteiger partial charge in [0.05, 0.1) is 0 Å². The van der Waals surface area contributed by atoms with Crippen LogP contribution in [0.2, 0.25) is 0 Å². The van der Waals surface area contributed by atoms with Crippen molar-refractivity contribution in [1.29, 1.82) is 0 Å². The number of rotatable bonds is 9. The first-order chi connectivity index (χ1) is 9.63. The summed E-state index contributed by atoms with van der Waals surface area (Å²) in [6.45, 7) is 3.26. The van der Waals surface area contributed by atoms with Crippen molar-refractivity contribution < 1.29 is 4.79 Å². The molecule has 1 amide bonds. The largest absolute Gasteiger partial charge is 0.337 e. The molecule has 0 fully saturated rings. The molecular formula is C16H27N3O. The second-order valence-corrected chi connectivity index (χ2v) is 5.31. The van der Waals surface area contributed by atoms with Gasteiger partial charge in [-0.1, -0.05) is 30.3 Å². The molecule has 0 aromatic heterocycles. The zero-order valence-electron chi connectivity index (χ0n) is 12.9. The molecule has 112 valence electrons. The average Bonchev–Trinajstić information content (AvgIpc) is 2.44. The molecule has 0 unspecified atom stereocenters. The van der Waals surface area contributed by atoms with Crippen molar-refractivity contribution in [2.75, 3.05) is 40.8 Å². The van der Waals surface area contributed by atoms with Gasteiger partial charge in [-0.2, -0.15) is 0 Å². The standard InChI is InChI=1S/C16H27N3O/c1-17-11-7-10-16(20)19(13-12-18(2)3)14-15-8-5-4-6-9-15/h4-6,8-9,17H,7,10-14H2,1-3H3. The fourth-order valence-corrected chi connectivity index (χ4v) is 1.99. The summed E-state index contributed by atoms with van der Waals surface area (Å²) in [5, 5.41) is 3.08. The third-order valence-electron chi connectivity index (χ3n) is 3.20. The lowest BCUT2D eigenvalue weighted by Crippen LogP contribution is -2.36. The van der Waals surface area contributed by atoms with Crippen molar-refractivity contribution in [2.24, 2.45) is 0 Å². The number of likely N-dealkylation sites (N-methyl/N-ethyl adjacent to an activating group) is 1. The summed E-state index contributed by atoms with van der Waals surface area (Å²) in [7, 11) is 5.98. The highest BCUT2D eigenvalue weighted by Gasteiger charge is 2.13. The number of carbonyl (C=O) groups excluding carboxylic acids is 1. The average molecular weight is 277 g/mol. The van der Waals surface area contributed by atoms with Crippen LogP contribution >= 0.6 is 0 Å². The minimum Gasteiger partial charge on any atom is -0.337 e. The SMILES string of the molecule is CNCCCC(=O)N(CCN(C)C)Cc1ccccc1. The molecule has 0 heterocycles. The first-order valence-electron chi connectivity index (χ1n) is 7.24. The lowest BCUT2D eigenvalue weighted by atomic mass is 10.2. The second-order valence-electron chi connectivity index (χ2n) is 5.31. The summed E-state index contributed by atoms with van der Waals surface area (Å²) < 4.78 is 0. The van der Waals surface area contributed by atoms with E-state index in [9.17, 15) is 4.79 Å². The van der Waals surface area contributed by atoms with Gasteiger partial charge in [0.15, 0.2) is 0 Å². The summed E-state index contributed by atoms with van der Waals surface area (Å²) in [4.78, 5) is 16.4. The van der Waals surface area contributed by atoms with Crippen LogP contribution in [0, 0.1) is 0 Å². The predicted octanol–water partition coefficient (Wildman–Crippen LogP) is 1.58. The Balaban J connectivity index is 2.57. The molecule has 0 aliphatic heterocycles. The molecule has 0 saturated carbocycles. The van der Waals surface area contributed by atoms with Crippen LogP contribution in [-0.4, -0.2) is 56.5 Å². The summed E-state index contributed by atoms with van der Waals surface area (Å²) in [6.07, 6.45) is 1.50. The zero-order valence-corrected chi connectivity index (χ0v) is 12.9. The van der Waals surface area contributed by atoms with E-state index in [1.54, 1.807) is 0 Å². The van der Waals surface area contributed by atoms with Crippen molar-refractivity contribution in [2.45, 2.75) is 19.4 Å². The predicted molar refractivity (Wildman–Crippen MR) is 83.6 cm³/mol. The van der Waals surface area contributed by atoms with Gasteiger partial charge in [0.2, 0.25) is 5.91 Å². The number of nitrogens with zero attached hydrogens (tertiary/aromatic N) is 2. The molecule has 0 aliphatic rings. The van der Waals surface area contributed by atoms with E-state index in [1.807, 2.05) is 44.2 Å². The van der Waals surface area contributed by atoms with Gasteiger partial charge in [-0.25, -0.2) is 0 Å². The number of benzene rings is 1. The highest BCUT2D eigenvalue weighted by atomic mass is 16.2. The lowest BCUT2D eigenvalue weighted by molar-refractivity contribution is -0.132. The van der Waals surface area contributed by atoms with Gasteiger partial charge in [-0.3, -0.25) is 4.79 Å². The molecule has 1 N–H and O–H groups in total. The summed E-state index contributed by atoms with van der Waals surface area (Å²) in [6, 6.07) is 10.2. The van der Waals surface area contributed by atoms with Gasteiger partial charge in [0.1, 0.15) is 0 Å². The Labute approximate surface area is 122 Å². The number of amides is 1. The van der Waals surface area contributed by atoms with Gasteiger partial charge >= 0.3 is 0 Å². The normalized spacial score (nSPS) is 10.8. The van der Waals surface area contributed by atoms with Crippen LogP contribution < -0.4 is 5.32 Å². The van der Waals surface area contributed by atoms with Crippen LogP contribution in [0.5, 0.6) is 0 Å². The van der Waals surface area contributed by atoms with E-state index in [1.165, 1.54) is 5.56 Å². The Morgan fingerprint density at radius 2 is 1.85 bits per heavy atom. The molecule has 0 aliphatic carbocycles. The fourth-order valence-electron chi connectivity index (χ4n) is 1.99. The third kappa shape index (κ3) is 6.68. The minimum absolute atomic E-state index is 0.242. The first kappa shape index (κ1) is 16.7. The molecule has 0 bridgehead atoms. The van der Waals surface area contributed by atoms with Crippen molar-refractivity contribution >= 4 is 5.91 Å². The Kier molecular flexibility index (Phi) is 7.92. The van der Waals surface area contributed by atoms with E-state index < -0.39 is 0 Å². The van der Waals surface area contributed by atoms with Crippen LogP contribution in [0.25, 0.3) is 0 Å². The van der Waals surface area contributed by atoms with Crippen LogP contribution in [-0.2, 0) is 11.3 Å². The van der Waals surface area contributed by atoms with E-state index in [-0.39, 0.29) is 5.91 Å². The van der Waals surface area contributed by atoms with E-state index in [2.05, 4.69) is 22.3 Å². The molecule has 0 atom stereocenters. The Bertz CT molecular complexity index is 379. The van der Waals surface area contributed by atoms with E-state index in [0.29, 0.717) is 13.0 Å². The van der Waals surface area contributed by atoms with Gasteiger partial charge < -0.3 is 15.1 Å². The van der Waals surface area contributed by atoms with Gasteiger partial charge in [0, 0.05) is 26.1 Å². The topological polar surface area (TPSA) is 35.6 Å². The van der Waals surface area contributed by atoms with Crippen LogP contribution in [0.3, 0.4) is 0 Å². The maximum absolute atomic E-state index is 12.3. The van der Waals surface area contributed by atoms with Crippen molar-refractivity contribution in [3.05, 3.63) is 35.9 Å². The zero-order chi connectivity index (χ0) is 14.8. The number of nitrogens with one attached hydrogen (secondary N) is 1. The molecule has 1 rings (SSSR count). The number of hydrogen-bond acceptors (Lipinski definition) is 3. The third-order valence-corrected chi connectivity index (χ3v) is 3.20. The van der Waals surface area contributed by atoms with E-state index >= 15 is 0 Å². The van der Waals surface area contributed by atoms with Crippen molar-refractivity contribution in [1.82, 2.24) is 15.1 Å². The monoisotopic (exact) mass is 277 g/mol. The van der Waals surface area contributed by atoms with Crippen molar-refractivity contribution in [3.8, 4) is 0 Å². The second kappa shape index (κ2) is 9.50. The van der Waals surface area contributed by atoms with Crippen LogP contribution in [0.15, 0.2) is 30.3 Å². The van der Waals surface area contributed by atoms with E-state index in [0.717, 1.165) is 26.1 Å². The van der Waals surface area contributed by atoms with Gasteiger partial charge in [-0.15, -0.1) is 0 Å². The highest BCUT2D eigenvalue weighted by molar-refractivity contribution is 5.76. The molecule has 0 saturated heterocycles. The van der Waals surface area contributed by atoms with Crippen molar-refractivity contribution in [3.63, 3.8) is 0 Å². The summed E-state index contributed by atoms with van der Waals surface area (Å²) >= 11 is 0. The maximum Gasteiger partial charge on any atom is 0.222 e. The summed E-state index contributed by atoms with van der Waals surface area (Å²) in [5.74, 6) is 0.242. The molecule has 1 aromatic carbocycles. The lowest BCUT2D eigenvalue weighted by Gasteiger charge is -2.24. The minimum atomic E-state index is 0.242. The maximum atomic E-state index is 12.3. The summed E-state index contributed by atoms with van der Waals surface area (Å²) in [5.41, 5.74) is 1.19. The molecule has 0 radical (unpaired) electrons. The molecule has 20 heavy (non-hydrogen) atoms. The molecule has 4 nitrogen and oxygen atoms in total. The van der Waals surface area contributed by atoms with Crippen LogP contribution in [0.4, 0.5) is 0 Å². The Morgan fingerprint density at radius 1 is 1.15 bits per heavy atom. The highest BCUT2D eigenvalue weighted by Crippen LogP contribution is 2.07. The molecule has 0 spiro atoms. The quantitative estimate of drug-likeness (QED) is 0.696.